The minimum Gasteiger partial charge on any atom is -0.489 e. The van der Waals surface area contributed by atoms with E-state index in [9.17, 15) is 0 Å². The van der Waals surface area contributed by atoms with Crippen molar-refractivity contribution in [2.24, 2.45) is 0 Å². The summed E-state index contributed by atoms with van der Waals surface area (Å²) in [7, 11) is 1.89. The smallest absolute Gasteiger partial charge is 0.142 e. The standard InChI is InChI=1S/C31H58N2O12/c1-33-6-7-34-8-9-35-10-11-36-12-13-37-14-15-38-16-17-39-18-19-40-20-21-41-22-23-42-24-25-43-26-27-44-28-29-45-31-5-3-2-4-30(31)32/h2-5,33H,6-29,32H2,1H3. The van der Waals surface area contributed by atoms with Crippen LogP contribution in [0.3, 0.4) is 0 Å². The summed E-state index contributed by atoms with van der Waals surface area (Å²) in [5.74, 6) is 0.669. The van der Waals surface area contributed by atoms with Gasteiger partial charge in [-0.25, -0.2) is 0 Å². The lowest BCUT2D eigenvalue weighted by atomic mass is 10.3. The van der Waals surface area contributed by atoms with Gasteiger partial charge >= 0.3 is 0 Å². The number of likely N-dealkylation sites (N-methyl/N-ethyl adjacent to an activating group) is 1. The average Bonchev–Trinajstić information content (AvgIpc) is 3.05. The molecule has 0 amide bonds. The van der Waals surface area contributed by atoms with Crippen LogP contribution >= 0.6 is 0 Å². The molecule has 0 saturated heterocycles. The number of nitrogens with two attached hydrogens (primary N) is 1. The van der Waals surface area contributed by atoms with Gasteiger partial charge in [0.05, 0.1) is 151 Å². The molecule has 0 radical (unpaired) electrons. The zero-order valence-electron chi connectivity index (χ0n) is 27.3. The second kappa shape index (κ2) is 35.2. The molecule has 0 heterocycles. The van der Waals surface area contributed by atoms with E-state index in [2.05, 4.69) is 5.32 Å². The molecule has 45 heavy (non-hydrogen) atoms. The zero-order valence-corrected chi connectivity index (χ0v) is 27.3. The molecule has 0 saturated carbocycles. The van der Waals surface area contributed by atoms with Crippen molar-refractivity contribution in [1.29, 1.82) is 0 Å². The third-order valence-electron chi connectivity index (χ3n) is 5.62. The third-order valence-corrected chi connectivity index (χ3v) is 5.62. The lowest BCUT2D eigenvalue weighted by molar-refractivity contribution is -0.0276. The Labute approximate surface area is 269 Å². The average molecular weight is 651 g/mol. The SMILES string of the molecule is CNCCOCCOCCOCCOCCOCCOCCOCCOCCOCCOCCOCCOc1ccccc1N. The summed E-state index contributed by atoms with van der Waals surface area (Å²) in [6.45, 7) is 12.9. The highest BCUT2D eigenvalue weighted by molar-refractivity contribution is 5.51. The molecule has 0 aromatic heterocycles. The molecular weight excluding hydrogens is 592 g/mol. The van der Waals surface area contributed by atoms with E-state index < -0.39 is 0 Å². The van der Waals surface area contributed by atoms with Gasteiger partial charge in [0.15, 0.2) is 0 Å². The normalized spacial score (nSPS) is 11.4. The predicted molar refractivity (Wildman–Crippen MR) is 169 cm³/mol. The number of anilines is 1. The molecule has 0 unspecified atom stereocenters. The van der Waals surface area contributed by atoms with Crippen molar-refractivity contribution in [1.82, 2.24) is 5.32 Å². The highest BCUT2D eigenvalue weighted by atomic mass is 16.6. The number of para-hydroxylation sites is 2. The Kier molecular flexibility index (Phi) is 32.4. The van der Waals surface area contributed by atoms with E-state index in [1.165, 1.54) is 0 Å². The van der Waals surface area contributed by atoms with Crippen molar-refractivity contribution >= 4 is 5.69 Å². The summed E-state index contributed by atoms with van der Waals surface area (Å²) >= 11 is 0. The number of ether oxygens (including phenoxy) is 12. The molecule has 1 rings (SSSR count). The van der Waals surface area contributed by atoms with E-state index in [1.807, 2.05) is 25.2 Å². The topological polar surface area (TPSA) is 149 Å². The van der Waals surface area contributed by atoms with Crippen LogP contribution in [0.2, 0.25) is 0 Å². The summed E-state index contributed by atoms with van der Waals surface area (Å²) < 4.78 is 65.6. The van der Waals surface area contributed by atoms with E-state index in [-0.39, 0.29) is 0 Å². The Hall–Kier alpha value is -1.66. The molecule has 3 N–H and O–H groups in total. The van der Waals surface area contributed by atoms with Gasteiger partial charge in [0, 0.05) is 6.54 Å². The first-order valence-corrected chi connectivity index (χ1v) is 15.8. The Morgan fingerprint density at radius 2 is 0.667 bits per heavy atom. The van der Waals surface area contributed by atoms with Gasteiger partial charge in [-0.05, 0) is 19.2 Å². The number of rotatable bonds is 37. The van der Waals surface area contributed by atoms with Gasteiger partial charge in [-0.15, -0.1) is 0 Å². The summed E-state index contributed by atoms with van der Waals surface area (Å²) in [6, 6.07) is 7.38. The molecule has 0 fully saturated rings. The summed E-state index contributed by atoms with van der Waals surface area (Å²) in [5, 5.41) is 3.02. The van der Waals surface area contributed by atoms with E-state index in [4.69, 9.17) is 62.6 Å². The van der Waals surface area contributed by atoms with Crippen molar-refractivity contribution in [2.75, 3.05) is 171 Å². The van der Waals surface area contributed by atoms with Crippen LogP contribution in [0.15, 0.2) is 24.3 Å². The molecule has 0 aliphatic heterocycles. The molecule has 0 bridgehead atoms. The molecular formula is C31H58N2O12. The fourth-order valence-electron chi connectivity index (χ4n) is 3.30. The number of benzene rings is 1. The van der Waals surface area contributed by atoms with E-state index in [0.29, 0.717) is 163 Å². The van der Waals surface area contributed by atoms with Crippen molar-refractivity contribution < 1.29 is 56.8 Å². The highest BCUT2D eigenvalue weighted by Crippen LogP contribution is 2.19. The fourth-order valence-corrected chi connectivity index (χ4v) is 3.30. The van der Waals surface area contributed by atoms with Crippen LogP contribution in [0.1, 0.15) is 0 Å². The van der Waals surface area contributed by atoms with Crippen LogP contribution in [0.5, 0.6) is 5.75 Å². The number of hydrogen-bond donors (Lipinski definition) is 2. The van der Waals surface area contributed by atoms with Gasteiger partial charge in [0.1, 0.15) is 12.4 Å². The van der Waals surface area contributed by atoms with Gasteiger partial charge in [-0.2, -0.15) is 0 Å². The van der Waals surface area contributed by atoms with Crippen molar-refractivity contribution in [3.05, 3.63) is 24.3 Å². The van der Waals surface area contributed by atoms with Gasteiger partial charge in [-0.3, -0.25) is 0 Å². The number of nitrogen functional groups attached to an aromatic ring is 1. The fraction of sp³-hybridized carbons (Fsp3) is 0.806. The van der Waals surface area contributed by atoms with Gasteiger partial charge < -0.3 is 67.9 Å². The predicted octanol–water partition coefficient (Wildman–Crippen LogP) is 1.05. The maximum Gasteiger partial charge on any atom is 0.142 e. The Bertz CT molecular complexity index is 723. The molecule has 0 aliphatic carbocycles. The Morgan fingerprint density at radius 3 is 0.956 bits per heavy atom. The van der Waals surface area contributed by atoms with Crippen molar-refractivity contribution in [2.45, 2.75) is 0 Å². The van der Waals surface area contributed by atoms with E-state index in [1.54, 1.807) is 6.07 Å². The van der Waals surface area contributed by atoms with Crippen LogP contribution < -0.4 is 15.8 Å². The largest absolute Gasteiger partial charge is 0.489 e. The van der Waals surface area contributed by atoms with Crippen LogP contribution in [0.25, 0.3) is 0 Å². The molecule has 0 atom stereocenters. The third kappa shape index (κ3) is 30.7. The molecule has 1 aromatic rings. The molecule has 0 spiro atoms. The molecule has 14 nitrogen and oxygen atoms in total. The van der Waals surface area contributed by atoms with Crippen LogP contribution in [-0.4, -0.2) is 166 Å². The Balaban J connectivity index is 1.62. The Morgan fingerprint density at radius 1 is 0.400 bits per heavy atom. The second-order valence-corrected chi connectivity index (χ2v) is 9.23. The van der Waals surface area contributed by atoms with Gasteiger partial charge in [-0.1, -0.05) is 12.1 Å². The van der Waals surface area contributed by atoms with Crippen molar-refractivity contribution in [3.63, 3.8) is 0 Å². The first-order chi connectivity index (χ1) is 22.3. The summed E-state index contributed by atoms with van der Waals surface area (Å²) in [6.07, 6.45) is 0. The minimum atomic E-state index is 0.439. The van der Waals surface area contributed by atoms with Crippen LogP contribution in [-0.2, 0) is 52.1 Å². The quantitative estimate of drug-likeness (QED) is 0.0781. The maximum atomic E-state index is 5.82. The zero-order chi connectivity index (χ0) is 32.1. The number of hydrogen-bond acceptors (Lipinski definition) is 14. The van der Waals surface area contributed by atoms with Crippen LogP contribution in [0, 0.1) is 0 Å². The lowest BCUT2D eigenvalue weighted by Gasteiger charge is -2.10. The second-order valence-electron chi connectivity index (χ2n) is 9.23. The minimum absolute atomic E-state index is 0.439. The van der Waals surface area contributed by atoms with Gasteiger partial charge in [0.2, 0.25) is 0 Å². The highest BCUT2D eigenvalue weighted by Gasteiger charge is 1.99. The maximum absolute atomic E-state index is 5.82. The van der Waals surface area contributed by atoms with Crippen LogP contribution in [0.4, 0.5) is 5.69 Å². The first-order valence-electron chi connectivity index (χ1n) is 15.8. The monoisotopic (exact) mass is 650 g/mol. The van der Waals surface area contributed by atoms with Crippen molar-refractivity contribution in [3.8, 4) is 5.75 Å². The molecule has 1 aromatic carbocycles. The van der Waals surface area contributed by atoms with Gasteiger partial charge in [0.25, 0.3) is 0 Å². The lowest BCUT2D eigenvalue weighted by Crippen LogP contribution is -2.17. The summed E-state index contributed by atoms with van der Waals surface area (Å²) in [4.78, 5) is 0. The van der Waals surface area contributed by atoms with E-state index >= 15 is 0 Å². The summed E-state index contributed by atoms with van der Waals surface area (Å²) in [5.41, 5.74) is 6.44. The number of nitrogens with one attached hydrogen (secondary N) is 1. The molecule has 14 heteroatoms. The molecule has 0 aliphatic rings. The van der Waals surface area contributed by atoms with E-state index in [0.717, 1.165) is 6.54 Å². The molecule has 264 valence electrons. The first kappa shape index (κ1) is 41.4.